The predicted molar refractivity (Wildman–Crippen MR) is 113 cm³/mol. The van der Waals surface area contributed by atoms with Gasteiger partial charge < -0.3 is 10.2 Å². The van der Waals surface area contributed by atoms with E-state index >= 15 is 0 Å². The Hall–Kier alpha value is -2.95. The first-order valence-corrected chi connectivity index (χ1v) is 9.67. The molecule has 0 spiro atoms. The van der Waals surface area contributed by atoms with Gasteiger partial charge in [-0.2, -0.15) is 0 Å². The Kier molecular flexibility index (Phi) is 7.50. The highest BCUT2D eigenvalue weighted by molar-refractivity contribution is 5.98. The third-order valence-corrected chi connectivity index (χ3v) is 4.73. The quantitative estimate of drug-likeness (QED) is 0.691. The number of hydrogen-bond donors (Lipinski definition) is 1. The SMILES string of the molecule is CCc1cccc(CC)c1N(CCC(=O)Nc1cccc(C(C)=O)c1)C(C)=O. The molecule has 1 N–H and O–H groups in total. The van der Waals surface area contributed by atoms with E-state index in [0.717, 1.165) is 29.7 Å². The molecule has 2 amide bonds. The third-order valence-electron chi connectivity index (χ3n) is 4.73. The first-order chi connectivity index (χ1) is 13.4. The molecule has 148 valence electrons. The van der Waals surface area contributed by atoms with Crippen molar-refractivity contribution >= 4 is 29.0 Å². The first-order valence-electron chi connectivity index (χ1n) is 9.67. The minimum atomic E-state index is -0.195. The number of carbonyl (C=O) groups is 3. The largest absolute Gasteiger partial charge is 0.326 e. The van der Waals surface area contributed by atoms with Gasteiger partial charge in [0.25, 0.3) is 0 Å². The summed E-state index contributed by atoms with van der Waals surface area (Å²) in [5.41, 5.74) is 4.25. The van der Waals surface area contributed by atoms with Crippen molar-refractivity contribution in [1.82, 2.24) is 0 Å². The van der Waals surface area contributed by atoms with E-state index in [-0.39, 0.29) is 24.0 Å². The van der Waals surface area contributed by atoms with Gasteiger partial charge >= 0.3 is 0 Å². The molecule has 0 aliphatic rings. The van der Waals surface area contributed by atoms with E-state index in [9.17, 15) is 14.4 Å². The van der Waals surface area contributed by atoms with Gasteiger partial charge in [0, 0.05) is 36.8 Å². The third kappa shape index (κ3) is 5.28. The molecule has 5 nitrogen and oxygen atoms in total. The van der Waals surface area contributed by atoms with Gasteiger partial charge in [-0.1, -0.05) is 44.2 Å². The highest BCUT2D eigenvalue weighted by Gasteiger charge is 2.19. The molecule has 0 radical (unpaired) electrons. The average molecular weight is 380 g/mol. The molecule has 0 fully saturated rings. The molecule has 0 saturated carbocycles. The minimum absolute atomic E-state index is 0.0536. The van der Waals surface area contributed by atoms with E-state index in [4.69, 9.17) is 0 Å². The maximum absolute atomic E-state index is 12.4. The van der Waals surface area contributed by atoms with Gasteiger partial charge in [0.2, 0.25) is 11.8 Å². The monoisotopic (exact) mass is 380 g/mol. The van der Waals surface area contributed by atoms with Crippen molar-refractivity contribution in [2.24, 2.45) is 0 Å². The van der Waals surface area contributed by atoms with Crippen molar-refractivity contribution in [3.05, 3.63) is 59.2 Å². The Bertz CT molecular complexity index is 852. The summed E-state index contributed by atoms with van der Waals surface area (Å²) in [5.74, 6) is -0.330. The summed E-state index contributed by atoms with van der Waals surface area (Å²) in [4.78, 5) is 37.9. The van der Waals surface area contributed by atoms with Crippen LogP contribution >= 0.6 is 0 Å². The number of benzene rings is 2. The highest BCUT2D eigenvalue weighted by Crippen LogP contribution is 2.27. The fourth-order valence-electron chi connectivity index (χ4n) is 3.24. The lowest BCUT2D eigenvalue weighted by Crippen LogP contribution is -2.33. The van der Waals surface area contributed by atoms with Crippen molar-refractivity contribution in [3.63, 3.8) is 0 Å². The van der Waals surface area contributed by atoms with Crippen LogP contribution in [0.15, 0.2) is 42.5 Å². The van der Waals surface area contributed by atoms with Gasteiger partial charge in [0.15, 0.2) is 5.78 Å². The van der Waals surface area contributed by atoms with Gasteiger partial charge in [-0.05, 0) is 43.0 Å². The number of nitrogens with zero attached hydrogens (tertiary/aromatic N) is 1. The molecule has 0 unspecified atom stereocenters. The second-order valence-corrected chi connectivity index (χ2v) is 6.74. The van der Waals surface area contributed by atoms with E-state index < -0.39 is 0 Å². The van der Waals surface area contributed by atoms with Crippen LogP contribution in [0.1, 0.15) is 55.6 Å². The zero-order valence-corrected chi connectivity index (χ0v) is 17.0. The maximum atomic E-state index is 12.4. The number of amides is 2. The lowest BCUT2D eigenvalue weighted by atomic mass is 10.0. The molecule has 2 aromatic rings. The van der Waals surface area contributed by atoms with Crippen LogP contribution in [0.3, 0.4) is 0 Å². The fourth-order valence-corrected chi connectivity index (χ4v) is 3.24. The summed E-state index contributed by atoms with van der Waals surface area (Å²) in [7, 11) is 0. The van der Waals surface area contributed by atoms with E-state index in [2.05, 4.69) is 19.2 Å². The minimum Gasteiger partial charge on any atom is -0.326 e. The van der Waals surface area contributed by atoms with E-state index in [1.807, 2.05) is 18.2 Å². The van der Waals surface area contributed by atoms with E-state index in [0.29, 0.717) is 17.8 Å². The molecule has 0 saturated heterocycles. The number of carbonyl (C=O) groups excluding carboxylic acids is 3. The van der Waals surface area contributed by atoms with Gasteiger partial charge in [0.05, 0.1) is 0 Å². The van der Waals surface area contributed by atoms with Crippen molar-refractivity contribution in [2.45, 2.75) is 47.0 Å². The number of nitrogens with one attached hydrogen (secondary N) is 1. The Morgan fingerprint density at radius 3 is 2.07 bits per heavy atom. The number of hydrogen-bond acceptors (Lipinski definition) is 3. The normalized spacial score (nSPS) is 10.4. The number of anilines is 2. The standard InChI is InChI=1S/C23H28N2O3/c1-5-18-9-7-10-19(6-2)23(18)25(17(4)27)14-13-22(28)24-21-12-8-11-20(15-21)16(3)26/h7-12,15H,5-6,13-14H2,1-4H3,(H,24,28). The van der Waals surface area contributed by atoms with Crippen molar-refractivity contribution < 1.29 is 14.4 Å². The van der Waals surface area contributed by atoms with Crippen LogP contribution in [0.4, 0.5) is 11.4 Å². The Morgan fingerprint density at radius 1 is 0.929 bits per heavy atom. The molecule has 0 heterocycles. The lowest BCUT2D eigenvalue weighted by Gasteiger charge is -2.26. The summed E-state index contributed by atoms with van der Waals surface area (Å²) >= 11 is 0. The summed E-state index contributed by atoms with van der Waals surface area (Å²) in [5, 5.41) is 2.81. The van der Waals surface area contributed by atoms with Crippen LogP contribution in [-0.4, -0.2) is 24.1 Å². The molecule has 0 aliphatic heterocycles. The van der Waals surface area contributed by atoms with Crippen LogP contribution in [0.25, 0.3) is 0 Å². The predicted octanol–water partition coefficient (Wildman–Crippen LogP) is 4.40. The average Bonchev–Trinajstić information content (AvgIpc) is 2.67. The first kappa shape index (κ1) is 21.4. The van der Waals surface area contributed by atoms with E-state index in [1.54, 1.807) is 29.2 Å². The number of ketones is 1. The smallest absolute Gasteiger partial charge is 0.226 e. The molecule has 5 heteroatoms. The Labute approximate surface area is 166 Å². The number of Topliss-reactive ketones (excluding diaryl/α,β-unsaturated/α-hetero) is 1. The molecule has 0 aliphatic carbocycles. The van der Waals surface area contributed by atoms with Crippen LogP contribution in [0.5, 0.6) is 0 Å². The second-order valence-electron chi connectivity index (χ2n) is 6.74. The molecule has 28 heavy (non-hydrogen) atoms. The van der Waals surface area contributed by atoms with Crippen LogP contribution < -0.4 is 10.2 Å². The molecule has 2 rings (SSSR count). The molecule has 2 aromatic carbocycles. The van der Waals surface area contributed by atoms with Gasteiger partial charge in [-0.25, -0.2) is 0 Å². The topological polar surface area (TPSA) is 66.5 Å². The molecule has 0 bridgehead atoms. The summed E-state index contributed by atoms with van der Waals surface area (Å²) < 4.78 is 0. The van der Waals surface area contributed by atoms with E-state index in [1.165, 1.54) is 13.8 Å². The maximum Gasteiger partial charge on any atom is 0.226 e. The molecular formula is C23H28N2O3. The zero-order chi connectivity index (χ0) is 20.7. The molecular weight excluding hydrogens is 352 g/mol. The van der Waals surface area contributed by atoms with Crippen molar-refractivity contribution in [3.8, 4) is 0 Å². The van der Waals surface area contributed by atoms with Crippen molar-refractivity contribution in [2.75, 3.05) is 16.8 Å². The van der Waals surface area contributed by atoms with Gasteiger partial charge in [-0.3, -0.25) is 14.4 Å². The second kappa shape index (κ2) is 9.83. The van der Waals surface area contributed by atoms with Gasteiger partial charge in [0.1, 0.15) is 0 Å². The zero-order valence-electron chi connectivity index (χ0n) is 17.0. The fraction of sp³-hybridized carbons (Fsp3) is 0.348. The van der Waals surface area contributed by atoms with Crippen LogP contribution in [0, 0.1) is 0 Å². The van der Waals surface area contributed by atoms with Crippen LogP contribution in [-0.2, 0) is 22.4 Å². The lowest BCUT2D eigenvalue weighted by molar-refractivity contribution is -0.117. The Morgan fingerprint density at radius 2 is 1.54 bits per heavy atom. The van der Waals surface area contributed by atoms with Crippen molar-refractivity contribution in [1.29, 1.82) is 0 Å². The summed E-state index contributed by atoms with van der Waals surface area (Å²) in [6, 6.07) is 12.9. The number of aryl methyl sites for hydroxylation is 2. The highest BCUT2D eigenvalue weighted by atomic mass is 16.2. The molecule has 0 aromatic heterocycles. The number of para-hydroxylation sites is 1. The van der Waals surface area contributed by atoms with Gasteiger partial charge in [-0.15, -0.1) is 0 Å². The number of rotatable bonds is 8. The van der Waals surface area contributed by atoms with Crippen LogP contribution in [0.2, 0.25) is 0 Å². The molecule has 0 atom stereocenters. The summed E-state index contributed by atoms with van der Waals surface area (Å²) in [6.07, 6.45) is 1.80. The Balaban J connectivity index is 2.14. The summed E-state index contributed by atoms with van der Waals surface area (Å²) in [6.45, 7) is 7.44.